The van der Waals surface area contributed by atoms with Gasteiger partial charge in [0.15, 0.2) is 0 Å². The van der Waals surface area contributed by atoms with Crippen LogP contribution in [0.2, 0.25) is 0 Å². The molecule has 2 fully saturated rings. The number of pyridine rings is 1. The highest BCUT2D eigenvalue weighted by molar-refractivity contribution is 6.05. The number of benzene rings is 2. The van der Waals surface area contributed by atoms with E-state index in [0.717, 1.165) is 37.6 Å². The molecule has 0 aliphatic carbocycles. The Kier molecular flexibility index (Phi) is 8.23. The van der Waals surface area contributed by atoms with Crippen LogP contribution in [0.5, 0.6) is 5.75 Å². The fraction of sp³-hybridized carbons (Fsp3) is 0.344. The molecule has 3 aromatic rings. The minimum absolute atomic E-state index is 0.0429. The molecular formula is C32H32FN7O4. The van der Waals surface area contributed by atoms with Crippen LogP contribution >= 0.6 is 0 Å². The van der Waals surface area contributed by atoms with Gasteiger partial charge in [-0.2, -0.15) is 5.26 Å². The number of ether oxygens (including phenoxy) is 1. The molecule has 3 aliphatic heterocycles. The largest absolute Gasteiger partial charge is 0.488 e. The Labute approximate surface area is 254 Å². The maximum absolute atomic E-state index is 15.4. The van der Waals surface area contributed by atoms with Crippen LogP contribution in [0.25, 0.3) is 0 Å². The first-order chi connectivity index (χ1) is 21.4. The quantitative estimate of drug-likeness (QED) is 0.374. The van der Waals surface area contributed by atoms with Gasteiger partial charge >= 0.3 is 0 Å². The van der Waals surface area contributed by atoms with Crippen molar-refractivity contribution in [3.8, 4) is 11.8 Å². The third-order valence-electron chi connectivity index (χ3n) is 8.56. The third kappa shape index (κ3) is 5.71. The van der Waals surface area contributed by atoms with Gasteiger partial charge in [-0.1, -0.05) is 18.2 Å². The van der Waals surface area contributed by atoms with Crippen LogP contribution < -0.4 is 20.7 Å². The van der Waals surface area contributed by atoms with Gasteiger partial charge in [-0.25, -0.2) is 9.37 Å². The van der Waals surface area contributed by atoms with Crippen LogP contribution in [-0.2, 0) is 22.7 Å². The van der Waals surface area contributed by atoms with E-state index in [4.69, 9.17) is 15.7 Å². The maximum atomic E-state index is 15.4. The fourth-order valence-corrected chi connectivity index (χ4v) is 6.13. The predicted octanol–water partition coefficient (Wildman–Crippen LogP) is 2.25. The lowest BCUT2D eigenvalue weighted by molar-refractivity contribution is -0.136. The second kappa shape index (κ2) is 12.4. The minimum Gasteiger partial charge on any atom is -0.488 e. The van der Waals surface area contributed by atoms with Gasteiger partial charge in [0.2, 0.25) is 11.8 Å². The Hall–Kier alpha value is -4.86. The van der Waals surface area contributed by atoms with Crippen molar-refractivity contribution in [3.63, 3.8) is 0 Å². The Bertz CT molecular complexity index is 1630. The number of piperazine rings is 1. The van der Waals surface area contributed by atoms with Crippen molar-refractivity contribution in [1.29, 1.82) is 5.26 Å². The normalized spacial score (nSPS) is 19.4. The van der Waals surface area contributed by atoms with E-state index < -0.39 is 17.8 Å². The first-order valence-electron chi connectivity index (χ1n) is 14.6. The first kappa shape index (κ1) is 29.2. The molecule has 11 nitrogen and oxygen atoms in total. The standard InChI is InChI=1S/C32H32FN7O4/c33-25-14-21(27(16-35)38-10-12-39(13-11-38)29-8-4-20(15-34)17-36-29)5-6-22(25)19-44-28-3-1-2-23-24(28)18-40(32(23)43)26-7-9-30(41)37-31(26)42/h1-6,8,14,17,26-27H,7,9-13,16,18-19,35H2,(H,37,41,42)/t26-,27?/m0/s1. The summed E-state index contributed by atoms with van der Waals surface area (Å²) in [5.74, 6) is -0.255. The highest BCUT2D eigenvalue weighted by atomic mass is 19.1. The predicted molar refractivity (Wildman–Crippen MR) is 158 cm³/mol. The second-order valence-electron chi connectivity index (χ2n) is 11.1. The zero-order valence-corrected chi connectivity index (χ0v) is 24.0. The van der Waals surface area contributed by atoms with E-state index in [0.29, 0.717) is 34.5 Å². The zero-order chi connectivity index (χ0) is 30.8. The molecule has 2 aromatic carbocycles. The molecule has 0 saturated carbocycles. The van der Waals surface area contributed by atoms with Crippen molar-refractivity contribution in [2.45, 2.75) is 38.1 Å². The molecule has 0 radical (unpaired) electrons. The molecule has 44 heavy (non-hydrogen) atoms. The molecule has 226 valence electrons. The number of amides is 3. The van der Waals surface area contributed by atoms with E-state index in [-0.39, 0.29) is 43.8 Å². The lowest BCUT2D eigenvalue weighted by atomic mass is 10.0. The summed E-state index contributed by atoms with van der Waals surface area (Å²) in [5.41, 5.74) is 8.90. The molecule has 2 saturated heterocycles. The number of fused-ring (bicyclic) bond motifs is 1. The van der Waals surface area contributed by atoms with Gasteiger partial charge in [0.1, 0.15) is 36.1 Å². The zero-order valence-electron chi connectivity index (χ0n) is 24.0. The number of imide groups is 1. The number of nitriles is 1. The van der Waals surface area contributed by atoms with E-state index in [1.54, 1.807) is 36.5 Å². The van der Waals surface area contributed by atoms with Crippen LogP contribution in [0, 0.1) is 17.1 Å². The van der Waals surface area contributed by atoms with Crippen LogP contribution in [0.3, 0.4) is 0 Å². The molecule has 6 rings (SSSR count). The van der Waals surface area contributed by atoms with Gasteiger partial charge in [0.05, 0.1) is 12.1 Å². The summed E-state index contributed by atoms with van der Waals surface area (Å²) >= 11 is 0. The van der Waals surface area contributed by atoms with Crippen LogP contribution in [-0.4, -0.2) is 71.3 Å². The van der Waals surface area contributed by atoms with E-state index >= 15 is 4.39 Å². The second-order valence-corrected chi connectivity index (χ2v) is 11.1. The molecule has 0 bridgehead atoms. The van der Waals surface area contributed by atoms with Gasteiger partial charge in [-0.3, -0.25) is 24.6 Å². The number of rotatable bonds is 8. The van der Waals surface area contributed by atoms with E-state index in [9.17, 15) is 14.4 Å². The summed E-state index contributed by atoms with van der Waals surface area (Å²) < 4.78 is 21.4. The number of piperidine rings is 1. The molecule has 3 aliphatic rings. The summed E-state index contributed by atoms with van der Waals surface area (Å²) in [7, 11) is 0. The molecule has 1 aromatic heterocycles. The number of halogens is 1. The monoisotopic (exact) mass is 597 g/mol. The fourth-order valence-electron chi connectivity index (χ4n) is 6.13. The SMILES string of the molecule is N#Cc1ccc(N2CCN(C(CN)c3ccc(COc4cccc5c4CN([C@H]4CCC(=O)NC4=O)C5=O)c(F)c3)CC2)nc1. The van der Waals surface area contributed by atoms with E-state index in [1.807, 2.05) is 12.1 Å². The molecule has 0 spiro atoms. The van der Waals surface area contributed by atoms with Crippen molar-refractivity contribution in [1.82, 2.24) is 20.1 Å². The van der Waals surface area contributed by atoms with Crippen LogP contribution in [0.15, 0.2) is 54.7 Å². The van der Waals surface area contributed by atoms with Crippen molar-refractivity contribution >= 4 is 23.5 Å². The number of aromatic nitrogens is 1. The van der Waals surface area contributed by atoms with Crippen molar-refractivity contribution in [2.75, 3.05) is 37.6 Å². The highest BCUT2D eigenvalue weighted by Gasteiger charge is 2.40. The lowest BCUT2D eigenvalue weighted by Crippen LogP contribution is -2.52. The lowest BCUT2D eigenvalue weighted by Gasteiger charge is -2.39. The van der Waals surface area contributed by atoms with Crippen LogP contribution in [0.1, 0.15) is 51.5 Å². The van der Waals surface area contributed by atoms with Gasteiger partial charge in [0, 0.05) is 68.1 Å². The van der Waals surface area contributed by atoms with Gasteiger partial charge < -0.3 is 20.3 Å². The summed E-state index contributed by atoms with van der Waals surface area (Å²) in [4.78, 5) is 47.3. The minimum atomic E-state index is -0.725. The summed E-state index contributed by atoms with van der Waals surface area (Å²) in [6.07, 6.45) is 2.01. The molecule has 4 heterocycles. The smallest absolute Gasteiger partial charge is 0.255 e. The molecule has 12 heteroatoms. The number of anilines is 1. The van der Waals surface area contributed by atoms with E-state index in [2.05, 4.69) is 26.2 Å². The molecule has 1 unspecified atom stereocenters. The number of nitrogens with one attached hydrogen (secondary N) is 1. The van der Waals surface area contributed by atoms with E-state index in [1.165, 1.54) is 11.0 Å². The Morgan fingerprint density at radius 1 is 1.11 bits per heavy atom. The number of carbonyl (C=O) groups excluding carboxylic acids is 3. The number of carbonyl (C=O) groups is 3. The first-order valence-corrected chi connectivity index (χ1v) is 14.6. The van der Waals surface area contributed by atoms with Gasteiger partial charge in [-0.15, -0.1) is 0 Å². The Morgan fingerprint density at radius 3 is 2.61 bits per heavy atom. The van der Waals surface area contributed by atoms with Crippen LogP contribution in [0.4, 0.5) is 10.2 Å². The molecule has 2 atom stereocenters. The van der Waals surface area contributed by atoms with Gasteiger partial charge in [-0.05, 0) is 42.3 Å². The molecular weight excluding hydrogens is 565 g/mol. The number of hydrogen-bond acceptors (Lipinski definition) is 9. The van der Waals surface area contributed by atoms with Crippen molar-refractivity contribution in [2.24, 2.45) is 5.73 Å². The summed E-state index contributed by atoms with van der Waals surface area (Å²) in [5, 5.41) is 11.3. The number of nitrogens with zero attached hydrogens (tertiary/aromatic N) is 5. The molecule has 3 N–H and O–H groups in total. The average Bonchev–Trinajstić information content (AvgIpc) is 3.38. The maximum Gasteiger partial charge on any atom is 0.255 e. The highest BCUT2D eigenvalue weighted by Crippen LogP contribution is 2.34. The topological polar surface area (TPSA) is 145 Å². The Balaban J connectivity index is 1.09. The van der Waals surface area contributed by atoms with Gasteiger partial charge in [0.25, 0.3) is 5.91 Å². The number of nitrogens with two attached hydrogens (primary N) is 1. The van der Waals surface area contributed by atoms with Crippen molar-refractivity contribution in [3.05, 3.63) is 88.4 Å². The summed E-state index contributed by atoms with van der Waals surface area (Å²) in [6.45, 7) is 3.37. The average molecular weight is 598 g/mol. The molecule has 3 amide bonds. The van der Waals surface area contributed by atoms with Crippen molar-refractivity contribution < 1.29 is 23.5 Å². The third-order valence-corrected chi connectivity index (χ3v) is 8.56. The number of hydrogen-bond donors (Lipinski definition) is 2. The Morgan fingerprint density at radius 2 is 1.93 bits per heavy atom. The summed E-state index contributed by atoms with van der Waals surface area (Å²) in [6, 6.07) is 15.0.